The fourth-order valence-electron chi connectivity index (χ4n) is 3.46. The van der Waals surface area contributed by atoms with Gasteiger partial charge in [0, 0.05) is 35.9 Å². The number of nitrogens with zero attached hydrogens (tertiary/aromatic N) is 2. The number of carbonyl (C=O) groups excluding carboxylic acids is 1. The Balaban J connectivity index is 1.63. The topological polar surface area (TPSA) is 111 Å². The number of aliphatic hydroxyl groups is 1. The van der Waals surface area contributed by atoms with Crippen molar-refractivity contribution in [3.63, 3.8) is 0 Å². The summed E-state index contributed by atoms with van der Waals surface area (Å²) in [5, 5.41) is 20.7. The Bertz CT molecular complexity index is 1190. The summed E-state index contributed by atoms with van der Waals surface area (Å²) in [6, 6.07) is 11.4. The molecule has 0 spiro atoms. The van der Waals surface area contributed by atoms with Crippen LogP contribution in [0.25, 0.3) is 0 Å². The number of carbonyl (C=O) groups is 1. The van der Waals surface area contributed by atoms with E-state index in [0.717, 1.165) is 11.3 Å². The molecule has 1 aliphatic heterocycles. The van der Waals surface area contributed by atoms with Crippen LogP contribution in [0.1, 0.15) is 27.9 Å². The highest BCUT2D eigenvalue weighted by Gasteiger charge is 2.35. The molecule has 0 bridgehead atoms. The molecular formula is C22H21F3N6O2. The van der Waals surface area contributed by atoms with Gasteiger partial charge in [-0.15, -0.1) is 0 Å². The Hall–Kier alpha value is -3.86. The SMILES string of the molecule is CNC(=O)c1cccc(Nc2nc(Nc3ccc4c(c3)CCC(O)N4)ncc2C(F)(F)F)c1. The van der Waals surface area contributed by atoms with E-state index in [-0.39, 0.29) is 23.1 Å². The molecule has 1 atom stereocenters. The molecule has 5 N–H and O–H groups in total. The first-order valence-corrected chi connectivity index (χ1v) is 10.1. The largest absolute Gasteiger partial charge is 0.421 e. The lowest BCUT2D eigenvalue weighted by molar-refractivity contribution is -0.137. The van der Waals surface area contributed by atoms with Gasteiger partial charge in [0.05, 0.1) is 0 Å². The molecule has 0 saturated carbocycles. The predicted octanol–water partition coefficient (Wildman–Crippen LogP) is 4.02. The number of amides is 1. The van der Waals surface area contributed by atoms with Gasteiger partial charge < -0.3 is 26.4 Å². The molecule has 1 amide bonds. The number of alkyl halides is 3. The third kappa shape index (κ3) is 5.14. The average molecular weight is 458 g/mol. The summed E-state index contributed by atoms with van der Waals surface area (Å²) in [5.41, 5.74) is 1.87. The van der Waals surface area contributed by atoms with Gasteiger partial charge in [-0.1, -0.05) is 6.07 Å². The normalized spacial score (nSPS) is 15.2. The van der Waals surface area contributed by atoms with Crippen LogP contribution >= 0.6 is 0 Å². The summed E-state index contributed by atoms with van der Waals surface area (Å²) >= 11 is 0. The highest BCUT2D eigenvalue weighted by Crippen LogP contribution is 2.36. The molecule has 2 heterocycles. The quantitative estimate of drug-likeness (QED) is 0.393. The molecule has 172 valence electrons. The fraction of sp³-hybridized carbons (Fsp3) is 0.227. The summed E-state index contributed by atoms with van der Waals surface area (Å²) in [5.74, 6) is -0.845. The number of aromatic nitrogens is 2. The Kier molecular flexibility index (Phi) is 6.05. The first-order valence-electron chi connectivity index (χ1n) is 10.1. The van der Waals surface area contributed by atoms with Crippen LogP contribution in [-0.2, 0) is 12.6 Å². The third-order valence-corrected chi connectivity index (χ3v) is 5.08. The van der Waals surface area contributed by atoms with E-state index >= 15 is 0 Å². The van der Waals surface area contributed by atoms with Gasteiger partial charge in [0.1, 0.15) is 17.6 Å². The van der Waals surface area contributed by atoms with Gasteiger partial charge >= 0.3 is 6.18 Å². The van der Waals surface area contributed by atoms with E-state index in [1.165, 1.54) is 19.2 Å². The average Bonchev–Trinajstić information content (AvgIpc) is 2.78. The van der Waals surface area contributed by atoms with Crippen molar-refractivity contribution in [2.45, 2.75) is 25.2 Å². The van der Waals surface area contributed by atoms with Crippen LogP contribution in [0, 0.1) is 0 Å². The molecule has 1 unspecified atom stereocenters. The van der Waals surface area contributed by atoms with Crippen LogP contribution in [0.4, 0.5) is 42.0 Å². The van der Waals surface area contributed by atoms with Crippen molar-refractivity contribution in [1.29, 1.82) is 0 Å². The summed E-state index contributed by atoms with van der Waals surface area (Å²) in [7, 11) is 1.46. The molecule has 33 heavy (non-hydrogen) atoms. The van der Waals surface area contributed by atoms with E-state index in [2.05, 4.69) is 31.2 Å². The van der Waals surface area contributed by atoms with Crippen LogP contribution in [0.5, 0.6) is 0 Å². The van der Waals surface area contributed by atoms with Crippen molar-refractivity contribution in [3.05, 3.63) is 65.4 Å². The van der Waals surface area contributed by atoms with Gasteiger partial charge in [0.2, 0.25) is 5.95 Å². The molecular weight excluding hydrogens is 437 g/mol. The van der Waals surface area contributed by atoms with Gasteiger partial charge in [-0.2, -0.15) is 18.2 Å². The Morgan fingerprint density at radius 1 is 1.15 bits per heavy atom. The maximum absolute atomic E-state index is 13.6. The summed E-state index contributed by atoms with van der Waals surface area (Å²) < 4.78 is 40.7. The maximum Gasteiger partial charge on any atom is 0.421 e. The first-order chi connectivity index (χ1) is 15.7. The molecule has 0 radical (unpaired) electrons. The minimum atomic E-state index is -4.68. The number of aryl methyl sites for hydroxylation is 1. The maximum atomic E-state index is 13.6. The van der Waals surface area contributed by atoms with Gasteiger partial charge in [0.25, 0.3) is 5.91 Å². The van der Waals surface area contributed by atoms with E-state index in [4.69, 9.17) is 0 Å². The molecule has 1 aliphatic rings. The van der Waals surface area contributed by atoms with Crippen LogP contribution in [0.2, 0.25) is 0 Å². The van der Waals surface area contributed by atoms with Gasteiger partial charge in [0.15, 0.2) is 0 Å². The van der Waals surface area contributed by atoms with E-state index in [1.807, 2.05) is 6.07 Å². The zero-order valence-electron chi connectivity index (χ0n) is 17.5. The molecule has 11 heteroatoms. The summed E-state index contributed by atoms with van der Waals surface area (Å²) in [4.78, 5) is 19.7. The molecule has 0 fully saturated rings. The molecule has 0 saturated heterocycles. The van der Waals surface area contributed by atoms with Crippen molar-refractivity contribution < 1.29 is 23.1 Å². The number of hydrogen-bond donors (Lipinski definition) is 5. The lowest BCUT2D eigenvalue weighted by Crippen LogP contribution is -2.24. The van der Waals surface area contributed by atoms with Crippen molar-refractivity contribution in [2.24, 2.45) is 0 Å². The fourth-order valence-corrected chi connectivity index (χ4v) is 3.46. The van der Waals surface area contributed by atoms with E-state index in [0.29, 0.717) is 24.7 Å². The second kappa shape index (κ2) is 8.94. The number of halogens is 3. The second-order valence-electron chi connectivity index (χ2n) is 7.43. The van der Waals surface area contributed by atoms with Crippen LogP contribution in [-0.4, -0.2) is 34.3 Å². The molecule has 2 aromatic carbocycles. The lowest BCUT2D eigenvalue weighted by Gasteiger charge is -2.23. The number of fused-ring (bicyclic) bond motifs is 1. The molecule has 0 aliphatic carbocycles. The Morgan fingerprint density at radius 3 is 2.70 bits per heavy atom. The molecule has 8 nitrogen and oxygen atoms in total. The standard InChI is InChI=1S/C22H21F3N6O2/c1-26-20(33)13-3-2-4-14(10-13)28-19-16(22(23,24)25)11-27-21(31-19)29-15-6-7-17-12(9-15)5-8-18(32)30-17/h2-4,6-7,9-11,18,30,32H,5,8H2,1H3,(H,26,33)(H2,27,28,29,31). The minimum absolute atomic E-state index is 0.0308. The van der Waals surface area contributed by atoms with Crippen molar-refractivity contribution >= 4 is 34.7 Å². The van der Waals surface area contributed by atoms with Crippen molar-refractivity contribution in [2.75, 3.05) is 23.0 Å². The Labute approximate surface area is 187 Å². The molecule has 4 rings (SSSR count). The number of rotatable bonds is 5. The number of nitrogens with one attached hydrogen (secondary N) is 4. The molecule has 3 aromatic rings. The highest BCUT2D eigenvalue weighted by molar-refractivity contribution is 5.95. The van der Waals surface area contributed by atoms with Gasteiger partial charge in [-0.3, -0.25) is 4.79 Å². The predicted molar refractivity (Wildman–Crippen MR) is 118 cm³/mol. The van der Waals surface area contributed by atoms with Crippen LogP contribution in [0.3, 0.4) is 0 Å². The molecule has 1 aromatic heterocycles. The minimum Gasteiger partial charge on any atom is -0.374 e. The van der Waals surface area contributed by atoms with Gasteiger partial charge in [-0.25, -0.2) is 4.98 Å². The number of anilines is 5. The zero-order chi connectivity index (χ0) is 23.6. The monoisotopic (exact) mass is 458 g/mol. The first kappa shape index (κ1) is 22.3. The lowest BCUT2D eigenvalue weighted by atomic mass is 10.0. The zero-order valence-corrected chi connectivity index (χ0v) is 17.5. The second-order valence-corrected chi connectivity index (χ2v) is 7.43. The summed E-state index contributed by atoms with van der Waals surface area (Å²) in [6.07, 6.45) is -3.38. The van der Waals surface area contributed by atoms with Crippen molar-refractivity contribution in [3.8, 4) is 0 Å². The number of aliphatic hydroxyl groups excluding tert-OH is 1. The third-order valence-electron chi connectivity index (χ3n) is 5.08. The highest BCUT2D eigenvalue weighted by atomic mass is 19.4. The van der Waals surface area contributed by atoms with Crippen LogP contribution in [0.15, 0.2) is 48.7 Å². The smallest absolute Gasteiger partial charge is 0.374 e. The number of benzene rings is 2. The van der Waals surface area contributed by atoms with Crippen LogP contribution < -0.4 is 21.3 Å². The number of hydrogen-bond acceptors (Lipinski definition) is 7. The van der Waals surface area contributed by atoms with E-state index < -0.39 is 23.8 Å². The summed E-state index contributed by atoms with van der Waals surface area (Å²) in [6.45, 7) is 0. The van der Waals surface area contributed by atoms with Crippen molar-refractivity contribution in [1.82, 2.24) is 15.3 Å². The Morgan fingerprint density at radius 2 is 1.94 bits per heavy atom. The van der Waals surface area contributed by atoms with Gasteiger partial charge in [-0.05, 0) is 54.8 Å². The van der Waals surface area contributed by atoms with E-state index in [9.17, 15) is 23.1 Å². The van der Waals surface area contributed by atoms with E-state index in [1.54, 1.807) is 24.3 Å².